The lowest BCUT2D eigenvalue weighted by Crippen LogP contribution is -2.36. The van der Waals surface area contributed by atoms with Gasteiger partial charge in [-0.15, -0.1) is 0 Å². The molecule has 2 aromatic carbocycles. The summed E-state index contributed by atoms with van der Waals surface area (Å²) in [4.78, 5) is 45.2. The molecule has 3 aromatic rings. The zero-order valence-corrected chi connectivity index (χ0v) is 18.1. The molecular weight excluding hydrogens is 431 g/mol. The Labute approximate surface area is 187 Å². The second kappa shape index (κ2) is 9.35. The highest BCUT2D eigenvalue weighted by atomic mass is 32.2. The first kappa shape index (κ1) is 21.8. The molecule has 32 heavy (non-hydrogen) atoms. The average molecular weight is 453 g/mol. The van der Waals surface area contributed by atoms with Crippen LogP contribution in [0.25, 0.3) is 0 Å². The summed E-state index contributed by atoms with van der Waals surface area (Å²) in [6.45, 7) is 1.98. The Bertz CT molecular complexity index is 1230. The smallest absolute Gasteiger partial charge is 0.257 e. The van der Waals surface area contributed by atoms with Gasteiger partial charge in [0.15, 0.2) is 5.16 Å². The van der Waals surface area contributed by atoms with Gasteiger partial charge in [-0.05, 0) is 35.7 Å². The highest BCUT2D eigenvalue weighted by molar-refractivity contribution is 7.98. The Hall–Kier alpha value is -3.46. The summed E-state index contributed by atoms with van der Waals surface area (Å²) in [5.41, 5.74) is 2.14. The molecule has 1 aliphatic rings. The number of nitrogens with zero attached hydrogens (tertiary/aromatic N) is 1. The molecule has 2 heterocycles. The molecule has 1 aromatic heterocycles. The molecule has 0 aliphatic carbocycles. The van der Waals surface area contributed by atoms with E-state index >= 15 is 0 Å². The number of H-pyrrole nitrogens is 1. The van der Waals surface area contributed by atoms with Crippen molar-refractivity contribution in [2.75, 3.05) is 10.6 Å². The number of halogens is 1. The molecule has 7 nitrogen and oxygen atoms in total. The molecule has 0 bridgehead atoms. The SMILES string of the molecule is CCc1ccccc1NC(=O)C1CC(=O)Nc2nc(SCc3ccc(F)cc3)[nH]c(=O)c21. The first-order valence-electron chi connectivity index (χ1n) is 10.1. The topological polar surface area (TPSA) is 104 Å². The highest BCUT2D eigenvalue weighted by Crippen LogP contribution is 2.31. The van der Waals surface area contributed by atoms with Gasteiger partial charge < -0.3 is 15.6 Å². The van der Waals surface area contributed by atoms with Gasteiger partial charge in [-0.1, -0.05) is 49.0 Å². The van der Waals surface area contributed by atoms with E-state index in [0.717, 1.165) is 17.5 Å². The molecular formula is C23H21FN4O3S. The Morgan fingerprint density at radius 3 is 2.69 bits per heavy atom. The van der Waals surface area contributed by atoms with Gasteiger partial charge in [0.05, 0.1) is 11.5 Å². The predicted molar refractivity (Wildman–Crippen MR) is 121 cm³/mol. The third-order valence-electron chi connectivity index (χ3n) is 5.19. The molecule has 1 aliphatic heterocycles. The van der Waals surface area contributed by atoms with Gasteiger partial charge >= 0.3 is 0 Å². The van der Waals surface area contributed by atoms with E-state index in [-0.39, 0.29) is 29.5 Å². The zero-order chi connectivity index (χ0) is 22.7. The summed E-state index contributed by atoms with van der Waals surface area (Å²) in [5, 5.41) is 5.76. The van der Waals surface area contributed by atoms with Crippen LogP contribution in [0.1, 0.15) is 36.0 Å². The van der Waals surface area contributed by atoms with Crippen LogP contribution in [-0.2, 0) is 21.8 Å². The minimum atomic E-state index is -0.948. The second-order valence-electron chi connectivity index (χ2n) is 7.35. The van der Waals surface area contributed by atoms with Gasteiger partial charge in [-0.25, -0.2) is 9.37 Å². The minimum absolute atomic E-state index is 0.0931. The van der Waals surface area contributed by atoms with Crippen LogP contribution >= 0.6 is 11.8 Å². The Balaban J connectivity index is 1.57. The van der Waals surface area contributed by atoms with Crippen molar-refractivity contribution in [1.82, 2.24) is 9.97 Å². The number of hydrogen-bond acceptors (Lipinski definition) is 5. The molecule has 4 rings (SSSR count). The number of aromatic nitrogens is 2. The summed E-state index contributed by atoms with van der Waals surface area (Å²) in [7, 11) is 0. The lowest BCUT2D eigenvalue weighted by atomic mass is 9.92. The number of aryl methyl sites for hydroxylation is 1. The molecule has 0 spiro atoms. The van der Waals surface area contributed by atoms with Crippen LogP contribution < -0.4 is 16.2 Å². The van der Waals surface area contributed by atoms with Crippen molar-refractivity contribution >= 4 is 35.1 Å². The molecule has 1 unspecified atom stereocenters. The molecule has 0 fully saturated rings. The highest BCUT2D eigenvalue weighted by Gasteiger charge is 2.35. The summed E-state index contributed by atoms with van der Waals surface area (Å²) in [6.07, 6.45) is 0.592. The quantitative estimate of drug-likeness (QED) is 0.390. The van der Waals surface area contributed by atoms with Crippen molar-refractivity contribution in [3.63, 3.8) is 0 Å². The maximum atomic E-state index is 13.1. The third-order valence-corrected chi connectivity index (χ3v) is 6.14. The van der Waals surface area contributed by atoms with E-state index in [1.165, 1.54) is 23.9 Å². The number of carbonyl (C=O) groups excluding carboxylic acids is 2. The zero-order valence-electron chi connectivity index (χ0n) is 17.3. The number of hydrogen-bond donors (Lipinski definition) is 3. The Kier molecular flexibility index (Phi) is 6.36. The van der Waals surface area contributed by atoms with Crippen LogP contribution in [-0.4, -0.2) is 21.8 Å². The number of fused-ring (bicyclic) bond motifs is 1. The summed E-state index contributed by atoms with van der Waals surface area (Å²) in [5.74, 6) is -1.54. The lowest BCUT2D eigenvalue weighted by Gasteiger charge is -2.24. The normalized spacial score (nSPS) is 15.1. The Morgan fingerprint density at radius 1 is 1.19 bits per heavy atom. The van der Waals surface area contributed by atoms with Crippen LogP contribution in [0.2, 0.25) is 0 Å². The number of para-hydroxylation sites is 1. The van der Waals surface area contributed by atoms with Gasteiger partial charge in [-0.3, -0.25) is 14.4 Å². The number of nitrogens with one attached hydrogen (secondary N) is 3. The molecule has 1 atom stereocenters. The van der Waals surface area contributed by atoms with Crippen molar-refractivity contribution < 1.29 is 14.0 Å². The molecule has 0 saturated heterocycles. The second-order valence-corrected chi connectivity index (χ2v) is 8.32. The number of rotatable bonds is 6. The first-order valence-corrected chi connectivity index (χ1v) is 11.1. The number of amides is 2. The van der Waals surface area contributed by atoms with E-state index in [1.54, 1.807) is 18.2 Å². The van der Waals surface area contributed by atoms with Gasteiger partial charge in [0, 0.05) is 17.9 Å². The molecule has 2 amide bonds. The maximum Gasteiger partial charge on any atom is 0.257 e. The van der Waals surface area contributed by atoms with Gasteiger partial charge in [0.25, 0.3) is 5.56 Å². The van der Waals surface area contributed by atoms with Gasteiger partial charge in [-0.2, -0.15) is 0 Å². The molecule has 9 heteroatoms. The van der Waals surface area contributed by atoms with Crippen LogP contribution in [0.15, 0.2) is 58.5 Å². The van der Waals surface area contributed by atoms with E-state index in [0.29, 0.717) is 16.6 Å². The predicted octanol–water partition coefficient (Wildman–Crippen LogP) is 3.83. The van der Waals surface area contributed by atoms with Crippen molar-refractivity contribution in [3.05, 3.63) is 81.4 Å². The number of thioether (sulfide) groups is 1. The lowest BCUT2D eigenvalue weighted by molar-refractivity contribution is -0.123. The van der Waals surface area contributed by atoms with Crippen molar-refractivity contribution in [2.24, 2.45) is 0 Å². The largest absolute Gasteiger partial charge is 0.325 e. The van der Waals surface area contributed by atoms with Gasteiger partial charge in [0.1, 0.15) is 11.6 Å². The molecule has 0 radical (unpaired) electrons. The minimum Gasteiger partial charge on any atom is -0.325 e. The van der Waals surface area contributed by atoms with Crippen LogP contribution in [0, 0.1) is 5.82 Å². The van der Waals surface area contributed by atoms with E-state index in [1.807, 2.05) is 25.1 Å². The van der Waals surface area contributed by atoms with E-state index in [9.17, 15) is 18.8 Å². The van der Waals surface area contributed by atoms with E-state index in [2.05, 4.69) is 20.6 Å². The summed E-state index contributed by atoms with van der Waals surface area (Å²) >= 11 is 1.24. The number of carbonyl (C=O) groups is 2. The number of benzene rings is 2. The van der Waals surface area contributed by atoms with Gasteiger partial charge in [0.2, 0.25) is 11.8 Å². The molecule has 3 N–H and O–H groups in total. The van der Waals surface area contributed by atoms with Crippen molar-refractivity contribution in [3.8, 4) is 0 Å². The van der Waals surface area contributed by atoms with Crippen LogP contribution in [0.4, 0.5) is 15.9 Å². The monoisotopic (exact) mass is 452 g/mol. The van der Waals surface area contributed by atoms with Crippen molar-refractivity contribution in [1.29, 1.82) is 0 Å². The molecule has 164 valence electrons. The number of aromatic amines is 1. The average Bonchev–Trinajstić information content (AvgIpc) is 2.78. The fourth-order valence-corrected chi connectivity index (χ4v) is 4.36. The summed E-state index contributed by atoms with van der Waals surface area (Å²) < 4.78 is 13.1. The van der Waals surface area contributed by atoms with Crippen LogP contribution in [0.5, 0.6) is 0 Å². The number of anilines is 2. The van der Waals surface area contributed by atoms with E-state index < -0.39 is 17.4 Å². The van der Waals surface area contributed by atoms with E-state index in [4.69, 9.17) is 0 Å². The van der Waals surface area contributed by atoms with Crippen LogP contribution in [0.3, 0.4) is 0 Å². The summed E-state index contributed by atoms with van der Waals surface area (Å²) in [6, 6.07) is 13.4. The molecule has 0 saturated carbocycles. The third kappa shape index (κ3) is 4.72. The first-order chi connectivity index (χ1) is 15.4. The fraction of sp³-hybridized carbons (Fsp3) is 0.217. The Morgan fingerprint density at radius 2 is 1.94 bits per heavy atom. The van der Waals surface area contributed by atoms with Crippen molar-refractivity contribution in [2.45, 2.75) is 36.6 Å². The fourth-order valence-electron chi connectivity index (χ4n) is 3.55. The maximum absolute atomic E-state index is 13.1. The standard InChI is InChI=1S/C23H21FN4O3S/c1-2-14-5-3-4-6-17(14)25-21(30)16-11-18(29)26-20-19(16)22(31)28-23(27-20)32-12-13-7-9-15(24)10-8-13/h3-10,16H,2,11-12H2,1H3,(H,25,30)(H2,26,27,28,29,31).